The van der Waals surface area contributed by atoms with Crippen LogP contribution >= 0.6 is 0 Å². The van der Waals surface area contributed by atoms with Crippen molar-refractivity contribution in [3.8, 4) is 11.4 Å². The van der Waals surface area contributed by atoms with Crippen molar-refractivity contribution in [2.75, 3.05) is 0 Å². The molecular weight excluding hydrogens is 366 g/mol. The molecule has 0 bridgehead atoms. The molecule has 7 heteroatoms. The van der Waals surface area contributed by atoms with Gasteiger partial charge in [-0.15, -0.1) is 0 Å². The van der Waals surface area contributed by atoms with E-state index in [-0.39, 0.29) is 17.9 Å². The summed E-state index contributed by atoms with van der Waals surface area (Å²) >= 11 is 0. The smallest absolute Gasteiger partial charge is 0.230 e. The number of hydrogen-bond donors (Lipinski definition) is 1. The molecule has 1 N–H and O–H groups in total. The third kappa shape index (κ3) is 4.04. The molecule has 29 heavy (non-hydrogen) atoms. The van der Waals surface area contributed by atoms with Crippen LogP contribution in [0.25, 0.3) is 16.9 Å². The zero-order valence-electron chi connectivity index (χ0n) is 16.6. The largest absolute Gasteiger partial charge is 0.353 e. The lowest BCUT2D eigenvalue weighted by atomic mass is 9.85. The van der Waals surface area contributed by atoms with Crippen molar-refractivity contribution in [2.45, 2.75) is 69.7 Å². The van der Waals surface area contributed by atoms with Crippen molar-refractivity contribution in [1.82, 2.24) is 24.8 Å². The molecule has 2 aliphatic carbocycles. The van der Waals surface area contributed by atoms with Crippen LogP contribution in [0.4, 0.5) is 0 Å². The molecule has 3 aromatic heterocycles. The second-order valence-corrected chi connectivity index (χ2v) is 8.57. The van der Waals surface area contributed by atoms with Crippen molar-refractivity contribution in [2.24, 2.45) is 5.92 Å². The summed E-state index contributed by atoms with van der Waals surface area (Å²) in [6, 6.07) is 4.27. The van der Waals surface area contributed by atoms with Gasteiger partial charge in [0.05, 0.1) is 18.0 Å². The fourth-order valence-corrected chi connectivity index (χ4v) is 4.82. The van der Waals surface area contributed by atoms with E-state index in [0.29, 0.717) is 24.1 Å². The first kappa shape index (κ1) is 18.3. The molecule has 7 nitrogen and oxygen atoms in total. The van der Waals surface area contributed by atoms with Crippen LogP contribution in [0, 0.1) is 5.92 Å². The Morgan fingerprint density at radius 1 is 1.17 bits per heavy atom. The summed E-state index contributed by atoms with van der Waals surface area (Å²) in [5.41, 5.74) is 1.93. The van der Waals surface area contributed by atoms with E-state index < -0.39 is 0 Å². The van der Waals surface area contributed by atoms with Crippen LogP contribution in [-0.2, 0) is 4.79 Å². The number of rotatable bonds is 5. The van der Waals surface area contributed by atoms with Crippen LogP contribution in [0.2, 0.25) is 0 Å². The number of fused-ring (bicyclic) bond motifs is 1. The lowest BCUT2D eigenvalue weighted by Gasteiger charge is -2.27. The molecule has 2 aliphatic rings. The Kier molecular flexibility index (Phi) is 5.04. The average Bonchev–Trinajstić information content (AvgIpc) is 3.49. The second-order valence-electron chi connectivity index (χ2n) is 8.57. The predicted molar refractivity (Wildman–Crippen MR) is 108 cm³/mol. The van der Waals surface area contributed by atoms with Gasteiger partial charge in [0.25, 0.3) is 0 Å². The third-order valence-electron chi connectivity index (χ3n) is 6.50. The van der Waals surface area contributed by atoms with Crippen LogP contribution < -0.4 is 5.32 Å². The molecule has 2 saturated carbocycles. The van der Waals surface area contributed by atoms with Gasteiger partial charge < -0.3 is 14.2 Å². The van der Waals surface area contributed by atoms with Gasteiger partial charge in [-0.1, -0.05) is 18.0 Å². The molecule has 3 heterocycles. The molecule has 0 atom stereocenters. The van der Waals surface area contributed by atoms with E-state index in [0.717, 1.165) is 36.8 Å². The second kappa shape index (κ2) is 7.97. The summed E-state index contributed by atoms with van der Waals surface area (Å²) in [5, 5.41) is 7.44. The monoisotopic (exact) mass is 393 g/mol. The lowest BCUT2D eigenvalue weighted by molar-refractivity contribution is -0.122. The zero-order chi connectivity index (χ0) is 19.6. The molecule has 0 spiro atoms. The first-order valence-corrected chi connectivity index (χ1v) is 10.8. The normalized spacial score (nSPS) is 22.9. The van der Waals surface area contributed by atoms with E-state index in [1.807, 2.05) is 28.9 Å². The SMILES string of the molecule is O=C(CC1CCCC1)NC1CCC(c2nc(-c3ccn4cncc4c3)no2)CC1. The highest BCUT2D eigenvalue weighted by Crippen LogP contribution is 2.33. The van der Waals surface area contributed by atoms with Gasteiger partial charge in [-0.05, 0) is 56.6 Å². The van der Waals surface area contributed by atoms with Crippen molar-refractivity contribution in [3.63, 3.8) is 0 Å². The maximum absolute atomic E-state index is 12.3. The minimum absolute atomic E-state index is 0.232. The number of aromatic nitrogens is 4. The van der Waals surface area contributed by atoms with Crippen molar-refractivity contribution in [3.05, 3.63) is 36.7 Å². The Labute approximate surface area is 169 Å². The fraction of sp³-hybridized carbons (Fsp3) is 0.545. The summed E-state index contributed by atoms with van der Waals surface area (Å²) in [5.74, 6) is 2.44. The summed E-state index contributed by atoms with van der Waals surface area (Å²) < 4.78 is 7.54. The summed E-state index contributed by atoms with van der Waals surface area (Å²) in [6.45, 7) is 0. The van der Waals surface area contributed by atoms with Gasteiger partial charge in [0.15, 0.2) is 0 Å². The summed E-state index contributed by atoms with van der Waals surface area (Å²) in [4.78, 5) is 21.1. The Bertz CT molecular complexity index is 980. The number of carbonyl (C=O) groups is 1. The number of amides is 1. The number of hydrogen-bond acceptors (Lipinski definition) is 5. The molecule has 2 fully saturated rings. The molecule has 152 valence electrons. The van der Waals surface area contributed by atoms with Crippen molar-refractivity contribution < 1.29 is 9.32 Å². The van der Waals surface area contributed by atoms with Crippen LogP contribution in [0.5, 0.6) is 0 Å². The highest BCUT2D eigenvalue weighted by molar-refractivity contribution is 5.76. The van der Waals surface area contributed by atoms with Gasteiger partial charge in [0.2, 0.25) is 17.6 Å². The Balaban J connectivity index is 1.16. The number of nitrogens with one attached hydrogen (secondary N) is 1. The Hall–Kier alpha value is -2.70. The van der Waals surface area contributed by atoms with E-state index in [2.05, 4.69) is 20.4 Å². The van der Waals surface area contributed by atoms with Crippen LogP contribution in [0.1, 0.15) is 69.6 Å². The van der Waals surface area contributed by atoms with Gasteiger partial charge in [-0.25, -0.2) is 4.98 Å². The van der Waals surface area contributed by atoms with Gasteiger partial charge in [0.1, 0.15) is 0 Å². The zero-order valence-corrected chi connectivity index (χ0v) is 16.6. The quantitative estimate of drug-likeness (QED) is 0.705. The molecule has 1 amide bonds. The van der Waals surface area contributed by atoms with Crippen LogP contribution in [0.3, 0.4) is 0 Å². The van der Waals surface area contributed by atoms with Gasteiger partial charge in [-0.3, -0.25) is 4.79 Å². The molecule has 0 aromatic carbocycles. The number of nitrogens with zero attached hydrogens (tertiary/aromatic N) is 4. The Morgan fingerprint density at radius 3 is 2.83 bits per heavy atom. The van der Waals surface area contributed by atoms with E-state index in [4.69, 9.17) is 4.52 Å². The molecule has 0 aliphatic heterocycles. The van der Waals surface area contributed by atoms with Crippen molar-refractivity contribution >= 4 is 11.4 Å². The minimum atomic E-state index is 0.232. The number of carbonyl (C=O) groups excluding carboxylic acids is 1. The summed E-state index contributed by atoms with van der Waals surface area (Å²) in [6.07, 6.45) is 15.1. The predicted octanol–water partition coefficient (Wildman–Crippen LogP) is 4.11. The maximum atomic E-state index is 12.3. The fourth-order valence-electron chi connectivity index (χ4n) is 4.82. The van der Waals surface area contributed by atoms with Gasteiger partial charge in [-0.2, -0.15) is 4.98 Å². The topological polar surface area (TPSA) is 85.3 Å². The maximum Gasteiger partial charge on any atom is 0.230 e. The van der Waals surface area contributed by atoms with E-state index in [9.17, 15) is 4.79 Å². The minimum Gasteiger partial charge on any atom is -0.353 e. The molecule has 5 rings (SSSR count). The van der Waals surface area contributed by atoms with E-state index in [1.54, 1.807) is 6.33 Å². The Morgan fingerprint density at radius 2 is 2.00 bits per heavy atom. The van der Waals surface area contributed by atoms with E-state index >= 15 is 0 Å². The first-order chi connectivity index (χ1) is 14.2. The lowest BCUT2D eigenvalue weighted by Crippen LogP contribution is -2.38. The van der Waals surface area contributed by atoms with Gasteiger partial charge >= 0.3 is 0 Å². The van der Waals surface area contributed by atoms with Crippen molar-refractivity contribution in [1.29, 1.82) is 0 Å². The first-order valence-electron chi connectivity index (χ1n) is 10.8. The molecule has 0 unspecified atom stereocenters. The van der Waals surface area contributed by atoms with Gasteiger partial charge in [0, 0.05) is 30.1 Å². The third-order valence-corrected chi connectivity index (χ3v) is 6.50. The molecular formula is C22H27N5O2. The number of imidazole rings is 1. The van der Waals surface area contributed by atoms with Crippen LogP contribution in [-0.4, -0.2) is 31.5 Å². The number of pyridine rings is 1. The summed E-state index contributed by atoms with van der Waals surface area (Å²) in [7, 11) is 0. The highest BCUT2D eigenvalue weighted by Gasteiger charge is 2.28. The highest BCUT2D eigenvalue weighted by atomic mass is 16.5. The average molecular weight is 393 g/mol. The van der Waals surface area contributed by atoms with Crippen LogP contribution in [0.15, 0.2) is 35.4 Å². The molecule has 3 aromatic rings. The molecule has 0 radical (unpaired) electrons. The standard InChI is InChI=1S/C22H27N5O2/c28-20(11-15-3-1-2-4-15)24-18-7-5-16(6-8-18)22-25-21(26-29-22)17-9-10-27-14-23-13-19(27)12-17/h9-10,12-16,18H,1-8,11H2,(H,24,28). The van der Waals surface area contributed by atoms with E-state index in [1.165, 1.54) is 25.7 Å². The molecule has 0 saturated heterocycles.